The normalized spacial score (nSPS) is 12.5. The standard InChI is InChI=1S/C19H32FN/c1-3-5-7-9-11-14-17(13-10-8-6-4-2)19-18(20)15-12-16-21-19/h12,15-17H,3-11,13-14H2,1-2H3. The second kappa shape index (κ2) is 11.7. The average molecular weight is 293 g/mol. The highest BCUT2D eigenvalue weighted by Crippen LogP contribution is 2.28. The first-order chi connectivity index (χ1) is 10.3. The Bertz CT molecular complexity index is 364. The number of aromatic nitrogens is 1. The topological polar surface area (TPSA) is 12.9 Å². The van der Waals surface area contributed by atoms with E-state index in [1.165, 1.54) is 57.8 Å². The van der Waals surface area contributed by atoms with Crippen molar-refractivity contribution in [2.24, 2.45) is 0 Å². The summed E-state index contributed by atoms with van der Waals surface area (Å²) in [4.78, 5) is 4.32. The first kappa shape index (κ1) is 18.1. The SMILES string of the molecule is CCCCCCCC(CCCCCC)c1ncccc1F. The van der Waals surface area contributed by atoms with E-state index in [2.05, 4.69) is 18.8 Å². The molecule has 1 atom stereocenters. The molecule has 2 heteroatoms. The highest BCUT2D eigenvalue weighted by molar-refractivity contribution is 5.12. The molecule has 0 aromatic carbocycles. The van der Waals surface area contributed by atoms with Gasteiger partial charge in [-0.3, -0.25) is 4.98 Å². The van der Waals surface area contributed by atoms with Gasteiger partial charge in [-0.15, -0.1) is 0 Å². The third kappa shape index (κ3) is 7.59. The van der Waals surface area contributed by atoms with Crippen molar-refractivity contribution in [1.82, 2.24) is 4.98 Å². The Labute approximate surface area is 130 Å². The summed E-state index contributed by atoms with van der Waals surface area (Å²) in [5.74, 6) is 0.191. The van der Waals surface area contributed by atoms with Gasteiger partial charge in [-0.25, -0.2) is 4.39 Å². The van der Waals surface area contributed by atoms with Crippen LogP contribution in [0.15, 0.2) is 18.3 Å². The fourth-order valence-corrected chi connectivity index (χ4v) is 2.93. The fourth-order valence-electron chi connectivity index (χ4n) is 2.93. The monoisotopic (exact) mass is 293 g/mol. The summed E-state index contributed by atoms with van der Waals surface area (Å²) in [5.41, 5.74) is 0.699. The zero-order valence-corrected chi connectivity index (χ0v) is 13.9. The molecule has 0 aliphatic carbocycles. The van der Waals surface area contributed by atoms with Gasteiger partial charge in [0.15, 0.2) is 0 Å². The van der Waals surface area contributed by atoms with Crippen LogP contribution in [0, 0.1) is 5.82 Å². The van der Waals surface area contributed by atoms with E-state index in [9.17, 15) is 4.39 Å². The molecule has 120 valence electrons. The summed E-state index contributed by atoms with van der Waals surface area (Å²) in [6.07, 6.45) is 15.3. The number of hydrogen-bond acceptors (Lipinski definition) is 1. The second-order valence-electron chi connectivity index (χ2n) is 6.12. The minimum absolute atomic E-state index is 0.119. The largest absolute Gasteiger partial charge is 0.258 e. The molecule has 0 bridgehead atoms. The van der Waals surface area contributed by atoms with E-state index in [-0.39, 0.29) is 5.82 Å². The molecule has 1 nitrogen and oxygen atoms in total. The third-order valence-corrected chi connectivity index (χ3v) is 4.24. The van der Waals surface area contributed by atoms with Crippen molar-refractivity contribution in [1.29, 1.82) is 0 Å². The third-order valence-electron chi connectivity index (χ3n) is 4.24. The van der Waals surface area contributed by atoms with E-state index in [1.54, 1.807) is 18.3 Å². The van der Waals surface area contributed by atoms with Crippen LogP contribution in [0.3, 0.4) is 0 Å². The van der Waals surface area contributed by atoms with Crippen molar-refractivity contribution >= 4 is 0 Å². The lowest BCUT2D eigenvalue weighted by Gasteiger charge is -2.17. The van der Waals surface area contributed by atoms with Crippen LogP contribution >= 0.6 is 0 Å². The summed E-state index contributed by atoms with van der Waals surface area (Å²) in [7, 11) is 0. The molecule has 0 amide bonds. The maximum absolute atomic E-state index is 14.0. The van der Waals surface area contributed by atoms with E-state index in [0.717, 1.165) is 12.8 Å². The number of rotatable bonds is 12. The van der Waals surface area contributed by atoms with Crippen LogP contribution in [0.5, 0.6) is 0 Å². The highest BCUT2D eigenvalue weighted by atomic mass is 19.1. The van der Waals surface area contributed by atoms with Crippen molar-refractivity contribution in [3.8, 4) is 0 Å². The zero-order chi connectivity index (χ0) is 15.3. The van der Waals surface area contributed by atoms with Gasteiger partial charge in [-0.2, -0.15) is 0 Å². The van der Waals surface area contributed by atoms with Gasteiger partial charge in [-0.05, 0) is 25.0 Å². The van der Waals surface area contributed by atoms with E-state index >= 15 is 0 Å². The van der Waals surface area contributed by atoms with Gasteiger partial charge >= 0.3 is 0 Å². The Morgan fingerprint density at radius 3 is 2.05 bits per heavy atom. The molecule has 0 saturated heterocycles. The first-order valence-electron chi connectivity index (χ1n) is 8.90. The maximum atomic E-state index is 14.0. The molecule has 1 aromatic rings. The Morgan fingerprint density at radius 1 is 0.905 bits per heavy atom. The molecule has 1 aromatic heterocycles. The molecule has 1 heterocycles. The molecule has 0 N–H and O–H groups in total. The summed E-state index contributed by atoms with van der Waals surface area (Å²) in [6.45, 7) is 4.46. The van der Waals surface area contributed by atoms with Gasteiger partial charge in [-0.1, -0.05) is 71.6 Å². The van der Waals surface area contributed by atoms with Crippen molar-refractivity contribution < 1.29 is 4.39 Å². The summed E-state index contributed by atoms with van der Waals surface area (Å²) < 4.78 is 14.0. The van der Waals surface area contributed by atoms with Crippen LogP contribution in [0.25, 0.3) is 0 Å². The predicted octanol–water partition coefficient (Wildman–Crippen LogP) is 6.64. The Balaban J connectivity index is 2.47. The van der Waals surface area contributed by atoms with Crippen LogP contribution in [-0.4, -0.2) is 4.98 Å². The first-order valence-corrected chi connectivity index (χ1v) is 8.90. The average Bonchev–Trinajstić information content (AvgIpc) is 2.50. The summed E-state index contributed by atoms with van der Waals surface area (Å²) in [5, 5.41) is 0. The number of halogens is 1. The van der Waals surface area contributed by atoms with Crippen molar-refractivity contribution in [3.63, 3.8) is 0 Å². The van der Waals surface area contributed by atoms with Crippen LogP contribution in [0.2, 0.25) is 0 Å². The zero-order valence-electron chi connectivity index (χ0n) is 13.9. The molecule has 0 radical (unpaired) electrons. The Hall–Kier alpha value is -0.920. The van der Waals surface area contributed by atoms with E-state index < -0.39 is 0 Å². The smallest absolute Gasteiger partial charge is 0.144 e. The van der Waals surface area contributed by atoms with Gasteiger partial charge in [0.1, 0.15) is 5.82 Å². The number of pyridine rings is 1. The van der Waals surface area contributed by atoms with Gasteiger partial charge in [0.25, 0.3) is 0 Å². The highest BCUT2D eigenvalue weighted by Gasteiger charge is 2.16. The predicted molar refractivity (Wildman–Crippen MR) is 89.1 cm³/mol. The second-order valence-corrected chi connectivity index (χ2v) is 6.12. The molecule has 0 aliphatic heterocycles. The Kier molecular flexibility index (Phi) is 10.1. The summed E-state index contributed by atoms with van der Waals surface area (Å²) >= 11 is 0. The lowest BCUT2D eigenvalue weighted by Crippen LogP contribution is -2.05. The number of unbranched alkanes of at least 4 members (excludes halogenated alkanes) is 7. The van der Waals surface area contributed by atoms with E-state index in [1.807, 2.05) is 0 Å². The van der Waals surface area contributed by atoms with Gasteiger partial charge in [0.2, 0.25) is 0 Å². The van der Waals surface area contributed by atoms with Crippen molar-refractivity contribution in [2.45, 2.75) is 90.4 Å². The van der Waals surface area contributed by atoms with Crippen LogP contribution in [0.4, 0.5) is 4.39 Å². The van der Waals surface area contributed by atoms with Crippen molar-refractivity contribution in [3.05, 3.63) is 29.8 Å². The van der Waals surface area contributed by atoms with Gasteiger partial charge < -0.3 is 0 Å². The molecular weight excluding hydrogens is 261 g/mol. The number of hydrogen-bond donors (Lipinski definition) is 0. The van der Waals surface area contributed by atoms with Crippen LogP contribution < -0.4 is 0 Å². The Morgan fingerprint density at radius 2 is 1.48 bits per heavy atom. The number of nitrogens with zero attached hydrogens (tertiary/aromatic N) is 1. The van der Waals surface area contributed by atoms with E-state index in [4.69, 9.17) is 0 Å². The lowest BCUT2D eigenvalue weighted by atomic mass is 9.91. The molecule has 0 fully saturated rings. The van der Waals surface area contributed by atoms with E-state index in [0.29, 0.717) is 11.6 Å². The fraction of sp³-hybridized carbons (Fsp3) is 0.737. The van der Waals surface area contributed by atoms with Crippen LogP contribution in [0.1, 0.15) is 96.1 Å². The van der Waals surface area contributed by atoms with Gasteiger partial charge in [0, 0.05) is 12.1 Å². The summed E-state index contributed by atoms with van der Waals surface area (Å²) in [6, 6.07) is 3.24. The molecular formula is C19H32FN. The molecule has 0 aliphatic rings. The van der Waals surface area contributed by atoms with Gasteiger partial charge in [0.05, 0.1) is 5.69 Å². The molecule has 21 heavy (non-hydrogen) atoms. The minimum Gasteiger partial charge on any atom is -0.258 e. The maximum Gasteiger partial charge on any atom is 0.144 e. The quantitative estimate of drug-likeness (QED) is 0.394. The molecule has 0 saturated carbocycles. The molecule has 1 rings (SSSR count). The molecule has 1 unspecified atom stereocenters. The lowest BCUT2D eigenvalue weighted by molar-refractivity contribution is 0.464. The van der Waals surface area contributed by atoms with Crippen molar-refractivity contribution in [2.75, 3.05) is 0 Å². The molecule has 0 spiro atoms. The minimum atomic E-state index is -0.119. The van der Waals surface area contributed by atoms with Crippen LogP contribution in [-0.2, 0) is 0 Å².